The van der Waals surface area contributed by atoms with Crippen molar-refractivity contribution in [1.29, 1.82) is 0 Å². The second kappa shape index (κ2) is 5.31. The molecule has 3 N–H and O–H groups in total. The number of rotatable bonds is 2. The summed E-state index contributed by atoms with van der Waals surface area (Å²) in [6.45, 7) is 0. The van der Waals surface area contributed by atoms with Gasteiger partial charge in [-0.25, -0.2) is 14.2 Å². The number of carbonyl (C=O) groups excluding carboxylic acids is 1. The van der Waals surface area contributed by atoms with Crippen molar-refractivity contribution in [3.05, 3.63) is 47.0 Å². The standard InChI is InChI=1S/C15H11ClFN3O2/c1-22-15(21)11-4-2-3-10(20-11)7-5-9(18)12-8(16)6-19-14(12)13(7)17/h2-6,19H,18H2,1H3. The maximum Gasteiger partial charge on any atom is 0.356 e. The highest BCUT2D eigenvalue weighted by atomic mass is 35.5. The Bertz CT molecular complexity index is 892. The van der Waals surface area contributed by atoms with Crippen LogP contribution in [0.1, 0.15) is 10.5 Å². The number of esters is 1. The van der Waals surface area contributed by atoms with Crippen LogP contribution < -0.4 is 5.73 Å². The molecule has 0 saturated heterocycles. The van der Waals surface area contributed by atoms with Crippen LogP contribution in [0.15, 0.2) is 30.5 Å². The van der Waals surface area contributed by atoms with E-state index in [2.05, 4.69) is 14.7 Å². The molecule has 2 aromatic heterocycles. The van der Waals surface area contributed by atoms with E-state index in [0.717, 1.165) is 0 Å². The van der Waals surface area contributed by atoms with E-state index in [4.69, 9.17) is 17.3 Å². The molecular weight excluding hydrogens is 309 g/mol. The Labute approximate surface area is 129 Å². The van der Waals surface area contributed by atoms with Crippen molar-refractivity contribution in [2.75, 3.05) is 12.8 Å². The fourth-order valence-corrected chi connectivity index (χ4v) is 2.53. The molecule has 3 rings (SSSR count). The van der Waals surface area contributed by atoms with Gasteiger partial charge in [0.05, 0.1) is 23.3 Å². The normalized spacial score (nSPS) is 10.9. The number of aromatic amines is 1. The molecule has 5 nitrogen and oxygen atoms in total. The third-order valence-electron chi connectivity index (χ3n) is 3.30. The fraction of sp³-hybridized carbons (Fsp3) is 0.0667. The summed E-state index contributed by atoms with van der Waals surface area (Å²) in [5.74, 6) is -1.13. The average molecular weight is 320 g/mol. The molecule has 1 aromatic carbocycles. The lowest BCUT2D eigenvalue weighted by molar-refractivity contribution is 0.0594. The topological polar surface area (TPSA) is 81.0 Å². The van der Waals surface area contributed by atoms with Crippen LogP contribution in [0.2, 0.25) is 5.02 Å². The molecule has 0 atom stereocenters. The van der Waals surface area contributed by atoms with Crippen molar-refractivity contribution < 1.29 is 13.9 Å². The van der Waals surface area contributed by atoms with Crippen LogP contribution in [0.3, 0.4) is 0 Å². The summed E-state index contributed by atoms with van der Waals surface area (Å²) in [7, 11) is 1.25. The summed E-state index contributed by atoms with van der Waals surface area (Å²) in [6.07, 6.45) is 1.47. The SMILES string of the molecule is COC(=O)c1cccc(-c2cc(N)c3c(Cl)c[nH]c3c2F)n1. The summed E-state index contributed by atoms with van der Waals surface area (Å²) in [4.78, 5) is 18.4. The molecular formula is C15H11ClFN3O2. The molecule has 0 spiro atoms. The highest BCUT2D eigenvalue weighted by Gasteiger charge is 2.18. The summed E-state index contributed by atoms with van der Waals surface area (Å²) >= 11 is 5.98. The molecule has 112 valence electrons. The lowest BCUT2D eigenvalue weighted by atomic mass is 10.1. The van der Waals surface area contributed by atoms with E-state index in [-0.39, 0.29) is 22.5 Å². The number of fused-ring (bicyclic) bond motifs is 1. The second-order valence-electron chi connectivity index (χ2n) is 4.61. The van der Waals surface area contributed by atoms with Gasteiger partial charge in [-0.3, -0.25) is 0 Å². The van der Waals surface area contributed by atoms with Crippen molar-refractivity contribution >= 4 is 34.2 Å². The predicted octanol–water partition coefficient (Wildman–Crippen LogP) is 3.39. The number of nitrogen functional groups attached to an aromatic ring is 1. The lowest BCUT2D eigenvalue weighted by Gasteiger charge is -2.08. The molecule has 0 aliphatic rings. The highest BCUT2D eigenvalue weighted by molar-refractivity contribution is 6.36. The number of hydrogen-bond acceptors (Lipinski definition) is 4. The Morgan fingerprint density at radius 3 is 2.95 bits per heavy atom. The number of anilines is 1. The quantitative estimate of drug-likeness (QED) is 0.560. The van der Waals surface area contributed by atoms with E-state index in [1.165, 1.54) is 25.4 Å². The van der Waals surface area contributed by atoms with E-state index in [9.17, 15) is 9.18 Å². The number of H-pyrrole nitrogens is 1. The smallest absolute Gasteiger partial charge is 0.356 e. The van der Waals surface area contributed by atoms with Crippen LogP contribution in [0.25, 0.3) is 22.2 Å². The number of aromatic nitrogens is 2. The Balaban J connectivity index is 2.23. The molecule has 0 fully saturated rings. The summed E-state index contributed by atoms with van der Waals surface area (Å²) in [5, 5.41) is 0.765. The number of nitrogens with zero attached hydrogens (tertiary/aromatic N) is 1. The molecule has 0 aliphatic carbocycles. The molecule has 0 saturated carbocycles. The number of pyridine rings is 1. The van der Waals surface area contributed by atoms with E-state index in [1.807, 2.05) is 0 Å². The van der Waals surface area contributed by atoms with Gasteiger partial charge in [0.25, 0.3) is 0 Å². The average Bonchev–Trinajstić information content (AvgIpc) is 2.93. The first kappa shape index (κ1) is 14.3. The van der Waals surface area contributed by atoms with Gasteiger partial charge in [-0.1, -0.05) is 17.7 Å². The Kier molecular flexibility index (Phi) is 3.46. The minimum absolute atomic E-state index is 0.0857. The Morgan fingerprint density at radius 2 is 2.23 bits per heavy atom. The third-order valence-corrected chi connectivity index (χ3v) is 3.59. The van der Waals surface area contributed by atoms with Crippen LogP contribution in [0, 0.1) is 5.82 Å². The number of methoxy groups -OCH3 is 1. The summed E-state index contributed by atoms with van der Waals surface area (Å²) < 4.78 is 19.3. The zero-order chi connectivity index (χ0) is 15.9. The van der Waals surface area contributed by atoms with Gasteiger partial charge in [0, 0.05) is 22.8 Å². The Morgan fingerprint density at radius 1 is 1.45 bits per heavy atom. The molecule has 0 radical (unpaired) electrons. The number of carbonyl (C=O) groups is 1. The van der Waals surface area contributed by atoms with Crippen molar-refractivity contribution in [2.45, 2.75) is 0 Å². The van der Waals surface area contributed by atoms with Crippen molar-refractivity contribution in [3.63, 3.8) is 0 Å². The van der Waals surface area contributed by atoms with Gasteiger partial charge in [-0.05, 0) is 18.2 Å². The van der Waals surface area contributed by atoms with Gasteiger partial charge in [0.15, 0.2) is 5.82 Å². The van der Waals surface area contributed by atoms with Gasteiger partial charge in [0.2, 0.25) is 0 Å². The largest absolute Gasteiger partial charge is 0.464 e. The lowest BCUT2D eigenvalue weighted by Crippen LogP contribution is -2.05. The molecule has 0 bridgehead atoms. The van der Waals surface area contributed by atoms with E-state index in [0.29, 0.717) is 16.1 Å². The molecule has 7 heteroatoms. The first-order chi connectivity index (χ1) is 10.5. The zero-order valence-corrected chi connectivity index (χ0v) is 12.2. The maximum atomic E-state index is 14.7. The van der Waals surface area contributed by atoms with Crippen LogP contribution in [0.4, 0.5) is 10.1 Å². The minimum atomic E-state index is -0.598. The van der Waals surface area contributed by atoms with Gasteiger partial charge in [0.1, 0.15) is 5.69 Å². The highest BCUT2D eigenvalue weighted by Crippen LogP contribution is 2.35. The van der Waals surface area contributed by atoms with E-state index < -0.39 is 11.8 Å². The van der Waals surface area contributed by atoms with Gasteiger partial charge in [-0.2, -0.15) is 0 Å². The van der Waals surface area contributed by atoms with Crippen molar-refractivity contribution in [1.82, 2.24) is 9.97 Å². The fourth-order valence-electron chi connectivity index (χ4n) is 2.27. The van der Waals surface area contributed by atoms with Crippen molar-refractivity contribution in [2.24, 2.45) is 0 Å². The molecule has 0 unspecified atom stereocenters. The molecule has 3 aromatic rings. The van der Waals surface area contributed by atoms with Crippen LogP contribution in [-0.2, 0) is 4.74 Å². The first-order valence-corrected chi connectivity index (χ1v) is 6.71. The number of ether oxygens (including phenoxy) is 1. The minimum Gasteiger partial charge on any atom is -0.464 e. The van der Waals surface area contributed by atoms with Gasteiger partial charge >= 0.3 is 5.97 Å². The summed E-state index contributed by atoms with van der Waals surface area (Å²) in [5.41, 5.74) is 7.00. The van der Waals surface area contributed by atoms with Crippen molar-refractivity contribution in [3.8, 4) is 11.3 Å². The van der Waals surface area contributed by atoms with Crippen LogP contribution >= 0.6 is 11.6 Å². The van der Waals surface area contributed by atoms with E-state index in [1.54, 1.807) is 12.1 Å². The number of nitrogens with two attached hydrogens (primary N) is 1. The maximum absolute atomic E-state index is 14.7. The first-order valence-electron chi connectivity index (χ1n) is 6.33. The summed E-state index contributed by atoms with van der Waals surface area (Å²) in [6, 6.07) is 6.11. The zero-order valence-electron chi connectivity index (χ0n) is 11.5. The molecule has 2 heterocycles. The molecule has 0 amide bonds. The van der Waals surface area contributed by atoms with Crippen LogP contribution in [-0.4, -0.2) is 23.0 Å². The van der Waals surface area contributed by atoms with Gasteiger partial charge < -0.3 is 15.5 Å². The number of nitrogens with one attached hydrogen (secondary N) is 1. The monoisotopic (exact) mass is 319 g/mol. The predicted molar refractivity (Wildman–Crippen MR) is 82.2 cm³/mol. The number of hydrogen-bond donors (Lipinski definition) is 2. The molecule has 22 heavy (non-hydrogen) atoms. The van der Waals surface area contributed by atoms with E-state index >= 15 is 0 Å². The van der Waals surface area contributed by atoms with Crippen LogP contribution in [0.5, 0.6) is 0 Å². The third kappa shape index (κ3) is 2.17. The Hall–Kier alpha value is -2.60. The number of benzene rings is 1. The van der Waals surface area contributed by atoms with Gasteiger partial charge in [-0.15, -0.1) is 0 Å². The second-order valence-corrected chi connectivity index (χ2v) is 5.02. The number of halogens is 2. The molecule has 0 aliphatic heterocycles.